The van der Waals surface area contributed by atoms with E-state index in [9.17, 15) is 9.90 Å². The third-order valence-corrected chi connectivity index (χ3v) is 4.23. The molecule has 98 valence electrons. The second kappa shape index (κ2) is 5.02. The Balaban J connectivity index is 2.12. The van der Waals surface area contributed by atoms with Crippen LogP contribution in [0, 0.1) is 0 Å². The minimum absolute atomic E-state index is 0.0726. The maximum Gasteiger partial charge on any atom is 0.227 e. The number of hydrogen-bond donors (Lipinski definition) is 1. The maximum atomic E-state index is 12.3. The number of aliphatic hydroxyl groups is 1. The van der Waals surface area contributed by atoms with E-state index >= 15 is 0 Å². The van der Waals surface area contributed by atoms with Crippen LogP contribution in [0.15, 0.2) is 28.7 Å². The topological polar surface area (TPSA) is 40.5 Å². The van der Waals surface area contributed by atoms with Crippen molar-refractivity contribution in [2.24, 2.45) is 0 Å². The van der Waals surface area contributed by atoms with Crippen molar-refractivity contribution >= 4 is 21.8 Å². The lowest BCUT2D eigenvalue weighted by atomic mass is 10.0. The predicted molar refractivity (Wildman–Crippen MR) is 74.3 cm³/mol. The third kappa shape index (κ3) is 2.75. The molecule has 1 aliphatic rings. The Morgan fingerprint density at radius 3 is 2.72 bits per heavy atom. The summed E-state index contributed by atoms with van der Waals surface area (Å²) < 4.78 is 0.955. The van der Waals surface area contributed by atoms with Gasteiger partial charge in [-0.15, -0.1) is 0 Å². The van der Waals surface area contributed by atoms with E-state index in [0.29, 0.717) is 19.4 Å². The van der Waals surface area contributed by atoms with Gasteiger partial charge in [-0.1, -0.05) is 34.1 Å². The van der Waals surface area contributed by atoms with Crippen LogP contribution in [0.3, 0.4) is 0 Å². The number of rotatable bonds is 2. The molecule has 0 radical (unpaired) electrons. The molecule has 1 atom stereocenters. The average molecular weight is 312 g/mol. The molecule has 0 spiro atoms. The number of carbonyl (C=O) groups excluding carboxylic acids is 1. The molecular formula is C14H18BrNO2. The normalized spacial score (nSPS) is 22.2. The largest absolute Gasteiger partial charge is 0.391 e. The number of hydrogen-bond acceptors (Lipinski definition) is 2. The highest BCUT2D eigenvalue weighted by molar-refractivity contribution is 9.10. The van der Waals surface area contributed by atoms with E-state index in [4.69, 9.17) is 0 Å². The Bertz CT molecular complexity index is 459. The van der Waals surface area contributed by atoms with Crippen molar-refractivity contribution in [3.05, 3.63) is 34.3 Å². The number of β-amino-alcohol motifs (C(OH)–C–C–N with tert-alkyl or cyclic N) is 1. The van der Waals surface area contributed by atoms with Gasteiger partial charge in [0.25, 0.3) is 0 Å². The Morgan fingerprint density at radius 1 is 1.50 bits per heavy atom. The number of benzene rings is 1. The summed E-state index contributed by atoms with van der Waals surface area (Å²) in [4.78, 5) is 14.1. The smallest absolute Gasteiger partial charge is 0.227 e. The van der Waals surface area contributed by atoms with E-state index in [1.807, 2.05) is 38.1 Å². The van der Waals surface area contributed by atoms with Crippen LogP contribution >= 0.6 is 15.9 Å². The molecule has 1 N–H and O–H groups in total. The van der Waals surface area contributed by atoms with Crippen LogP contribution in [-0.4, -0.2) is 34.1 Å². The summed E-state index contributed by atoms with van der Waals surface area (Å²) >= 11 is 3.45. The summed E-state index contributed by atoms with van der Waals surface area (Å²) in [6, 6.07) is 7.74. The zero-order valence-electron chi connectivity index (χ0n) is 10.7. The van der Waals surface area contributed by atoms with Crippen molar-refractivity contribution in [2.75, 3.05) is 6.54 Å². The molecular weight excluding hydrogens is 294 g/mol. The zero-order valence-corrected chi connectivity index (χ0v) is 12.3. The van der Waals surface area contributed by atoms with Crippen LogP contribution in [0.1, 0.15) is 25.8 Å². The van der Waals surface area contributed by atoms with Gasteiger partial charge in [-0.2, -0.15) is 0 Å². The van der Waals surface area contributed by atoms with Gasteiger partial charge in [-0.05, 0) is 31.9 Å². The number of amides is 1. The van der Waals surface area contributed by atoms with Gasteiger partial charge < -0.3 is 10.0 Å². The quantitative estimate of drug-likeness (QED) is 0.911. The highest BCUT2D eigenvalue weighted by Crippen LogP contribution is 2.29. The minimum atomic E-state index is -0.400. The van der Waals surface area contributed by atoms with Crippen LogP contribution in [0.25, 0.3) is 0 Å². The molecule has 1 aliphatic heterocycles. The highest BCUT2D eigenvalue weighted by Gasteiger charge is 2.40. The first-order chi connectivity index (χ1) is 8.40. The Morgan fingerprint density at radius 2 is 2.17 bits per heavy atom. The van der Waals surface area contributed by atoms with Gasteiger partial charge in [0.2, 0.25) is 5.91 Å². The molecule has 1 saturated heterocycles. The molecule has 4 heteroatoms. The second-order valence-corrected chi connectivity index (χ2v) is 6.30. The Hall–Kier alpha value is -0.870. The van der Waals surface area contributed by atoms with Crippen LogP contribution in [-0.2, 0) is 11.2 Å². The van der Waals surface area contributed by atoms with Gasteiger partial charge in [0.1, 0.15) is 0 Å². The van der Waals surface area contributed by atoms with E-state index in [1.165, 1.54) is 0 Å². The number of likely N-dealkylation sites (tertiary alicyclic amines) is 1. The molecule has 0 bridgehead atoms. The maximum absolute atomic E-state index is 12.3. The predicted octanol–water partition coefficient (Wildman–Crippen LogP) is 2.36. The average Bonchev–Trinajstić information content (AvgIpc) is 2.55. The third-order valence-electron chi connectivity index (χ3n) is 3.46. The van der Waals surface area contributed by atoms with Gasteiger partial charge in [0, 0.05) is 16.6 Å². The second-order valence-electron chi connectivity index (χ2n) is 5.44. The monoisotopic (exact) mass is 311 g/mol. The van der Waals surface area contributed by atoms with Crippen molar-refractivity contribution < 1.29 is 9.90 Å². The van der Waals surface area contributed by atoms with Crippen molar-refractivity contribution in [3.63, 3.8) is 0 Å². The highest BCUT2D eigenvalue weighted by atomic mass is 79.9. The van der Waals surface area contributed by atoms with E-state index in [1.54, 1.807) is 4.90 Å². The molecule has 1 aromatic carbocycles. The van der Waals surface area contributed by atoms with Crippen molar-refractivity contribution in [1.29, 1.82) is 0 Å². The number of halogens is 1. The first kappa shape index (κ1) is 13.6. The molecule has 0 aromatic heterocycles. The van der Waals surface area contributed by atoms with Crippen LogP contribution in [0.4, 0.5) is 0 Å². The lowest BCUT2D eigenvalue weighted by Gasteiger charge is -2.31. The first-order valence-electron chi connectivity index (χ1n) is 6.12. The van der Waals surface area contributed by atoms with Crippen LogP contribution in [0.2, 0.25) is 0 Å². The van der Waals surface area contributed by atoms with E-state index in [2.05, 4.69) is 15.9 Å². The summed E-state index contributed by atoms with van der Waals surface area (Å²) in [5, 5.41) is 9.70. The van der Waals surface area contributed by atoms with Crippen molar-refractivity contribution in [1.82, 2.24) is 4.90 Å². The standard InChI is InChI=1S/C14H18BrNO2/c1-14(2)8-11(17)9-16(14)13(18)7-10-5-3-4-6-12(10)15/h3-6,11,17H,7-9H2,1-2H3. The molecule has 1 fully saturated rings. The molecule has 1 heterocycles. The summed E-state index contributed by atoms with van der Waals surface area (Å²) in [6.07, 6.45) is 0.620. The van der Waals surface area contributed by atoms with E-state index < -0.39 is 6.10 Å². The molecule has 2 rings (SSSR count). The molecule has 1 unspecified atom stereocenters. The number of nitrogens with zero attached hydrogens (tertiary/aromatic N) is 1. The van der Waals surface area contributed by atoms with Gasteiger partial charge in [0.05, 0.1) is 12.5 Å². The summed E-state index contributed by atoms with van der Waals surface area (Å²) in [5.74, 6) is 0.0726. The van der Waals surface area contributed by atoms with Gasteiger partial charge >= 0.3 is 0 Å². The lowest BCUT2D eigenvalue weighted by Crippen LogP contribution is -2.43. The van der Waals surface area contributed by atoms with Crippen LogP contribution < -0.4 is 0 Å². The van der Waals surface area contributed by atoms with E-state index in [0.717, 1.165) is 10.0 Å². The zero-order chi connectivity index (χ0) is 13.3. The molecule has 0 saturated carbocycles. The number of aliphatic hydroxyl groups excluding tert-OH is 1. The fraction of sp³-hybridized carbons (Fsp3) is 0.500. The Labute approximate surface area is 116 Å². The number of carbonyl (C=O) groups is 1. The van der Waals surface area contributed by atoms with Gasteiger partial charge in [-0.3, -0.25) is 4.79 Å². The molecule has 3 nitrogen and oxygen atoms in total. The first-order valence-corrected chi connectivity index (χ1v) is 6.91. The van der Waals surface area contributed by atoms with Gasteiger partial charge in [0.15, 0.2) is 0 Å². The summed E-state index contributed by atoms with van der Waals surface area (Å²) in [6.45, 7) is 4.44. The molecule has 1 aromatic rings. The van der Waals surface area contributed by atoms with E-state index in [-0.39, 0.29) is 11.4 Å². The minimum Gasteiger partial charge on any atom is -0.391 e. The fourth-order valence-corrected chi connectivity index (χ4v) is 2.97. The summed E-state index contributed by atoms with van der Waals surface area (Å²) in [7, 11) is 0. The fourth-order valence-electron chi connectivity index (χ4n) is 2.55. The Kier molecular flexibility index (Phi) is 3.78. The van der Waals surface area contributed by atoms with Crippen molar-refractivity contribution in [2.45, 2.75) is 38.3 Å². The molecule has 1 amide bonds. The molecule has 0 aliphatic carbocycles. The molecule has 18 heavy (non-hydrogen) atoms. The lowest BCUT2D eigenvalue weighted by molar-refractivity contribution is -0.133. The van der Waals surface area contributed by atoms with Crippen LogP contribution in [0.5, 0.6) is 0 Å². The summed E-state index contributed by atoms with van der Waals surface area (Å²) in [5.41, 5.74) is 0.734. The van der Waals surface area contributed by atoms with Gasteiger partial charge in [-0.25, -0.2) is 0 Å². The van der Waals surface area contributed by atoms with Crippen molar-refractivity contribution in [3.8, 4) is 0 Å². The SMILES string of the molecule is CC1(C)CC(O)CN1C(=O)Cc1ccccc1Br.